The first-order chi connectivity index (χ1) is 13.7. The SMILES string of the molecule is COC(=O)c1cc(CNC(=O)[C@H](C)NS(=O)(=O)c2ccccc2F)ccc1OC. The summed E-state index contributed by atoms with van der Waals surface area (Å²) < 4.78 is 50.2. The molecule has 0 aliphatic carbocycles. The number of halogens is 1. The molecule has 156 valence electrons. The molecule has 2 aromatic carbocycles. The van der Waals surface area contributed by atoms with Gasteiger partial charge in [-0.3, -0.25) is 4.79 Å². The zero-order valence-electron chi connectivity index (χ0n) is 16.1. The number of carbonyl (C=O) groups excluding carboxylic acids is 2. The third kappa shape index (κ3) is 5.52. The van der Waals surface area contributed by atoms with Gasteiger partial charge >= 0.3 is 5.97 Å². The van der Waals surface area contributed by atoms with Crippen molar-refractivity contribution in [2.24, 2.45) is 0 Å². The monoisotopic (exact) mass is 424 g/mol. The summed E-state index contributed by atoms with van der Waals surface area (Å²) in [5.74, 6) is -1.82. The van der Waals surface area contributed by atoms with Gasteiger partial charge in [-0.05, 0) is 36.8 Å². The molecule has 0 bridgehead atoms. The summed E-state index contributed by atoms with van der Waals surface area (Å²) in [5.41, 5.74) is 0.763. The molecule has 0 radical (unpaired) electrons. The molecule has 1 atom stereocenters. The van der Waals surface area contributed by atoms with Crippen molar-refractivity contribution < 1.29 is 31.9 Å². The highest BCUT2D eigenvalue weighted by Crippen LogP contribution is 2.21. The van der Waals surface area contributed by atoms with Crippen LogP contribution in [0.2, 0.25) is 0 Å². The number of esters is 1. The molecule has 0 saturated heterocycles. The third-order valence-electron chi connectivity index (χ3n) is 3.99. The van der Waals surface area contributed by atoms with Crippen LogP contribution >= 0.6 is 0 Å². The molecule has 0 fully saturated rings. The second-order valence-electron chi connectivity index (χ2n) is 6.02. The number of hydrogen-bond acceptors (Lipinski definition) is 6. The maximum atomic E-state index is 13.7. The van der Waals surface area contributed by atoms with E-state index >= 15 is 0 Å². The Morgan fingerprint density at radius 1 is 1.14 bits per heavy atom. The van der Waals surface area contributed by atoms with Gasteiger partial charge in [0.25, 0.3) is 0 Å². The maximum Gasteiger partial charge on any atom is 0.341 e. The fraction of sp³-hybridized carbons (Fsp3) is 0.263. The van der Waals surface area contributed by atoms with E-state index in [-0.39, 0.29) is 12.1 Å². The van der Waals surface area contributed by atoms with Crippen LogP contribution in [0.15, 0.2) is 47.4 Å². The first-order valence-electron chi connectivity index (χ1n) is 8.49. The van der Waals surface area contributed by atoms with Gasteiger partial charge in [0, 0.05) is 6.54 Å². The summed E-state index contributed by atoms with van der Waals surface area (Å²) in [6.45, 7) is 1.36. The van der Waals surface area contributed by atoms with E-state index in [1.807, 2.05) is 0 Å². The molecular weight excluding hydrogens is 403 g/mol. The molecule has 2 aromatic rings. The maximum absolute atomic E-state index is 13.7. The number of carbonyl (C=O) groups is 2. The molecule has 2 N–H and O–H groups in total. The number of benzene rings is 2. The quantitative estimate of drug-likeness (QED) is 0.623. The van der Waals surface area contributed by atoms with E-state index < -0.39 is 38.7 Å². The van der Waals surface area contributed by atoms with Crippen molar-refractivity contribution in [2.75, 3.05) is 14.2 Å². The lowest BCUT2D eigenvalue weighted by molar-refractivity contribution is -0.122. The van der Waals surface area contributed by atoms with E-state index in [2.05, 4.69) is 10.0 Å². The van der Waals surface area contributed by atoms with E-state index in [0.717, 1.165) is 12.1 Å². The van der Waals surface area contributed by atoms with Gasteiger partial charge in [0.05, 0.1) is 20.3 Å². The van der Waals surface area contributed by atoms with Crippen LogP contribution in [0.1, 0.15) is 22.8 Å². The van der Waals surface area contributed by atoms with Crippen LogP contribution < -0.4 is 14.8 Å². The summed E-state index contributed by atoms with van der Waals surface area (Å²) in [4.78, 5) is 23.5. The van der Waals surface area contributed by atoms with Gasteiger partial charge in [0.15, 0.2) is 0 Å². The minimum absolute atomic E-state index is 0.0264. The van der Waals surface area contributed by atoms with Crippen LogP contribution in [0.5, 0.6) is 5.75 Å². The zero-order chi connectivity index (χ0) is 21.6. The number of amides is 1. The topological polar surface area (TPSA) is 111 Å². The molecule has 0 spiro atoms. The first-order valence-corrected chi connectivity index (χ1v) is 9.97. The van der Waals surface area contributed by atoms with Crippen LogP contribution in [-0.4, -0.2) is 40.6 Å². The lowest BCUT2D eigenvalue weighted by Crippen LogP contribution is -2.44. The van der Waals surface area contributed by atoms with Gasteiger partial charge in [0.1, 0.15) is 22.0 Å². The van der Waals surface area contributed by atoms with Crippen molar-refractivity contribution in [3.63, 3.8) is 0 Å². The highest BCUT2D eigenvalue weighted by atomic mass is 32.2. The minimum atomic E-state index is -4.21. The molecule has 0 aliphatic heterocycles. The van der Waals surface area contributed by atoms with Crippen molar-refractivity contribution >= 4 is 21.9 Å². The van der Waals surface area contributed by atoms with Gasteiger partial charge in [-0.25, -0.2) is 17.6 Å². The Labute approximate surface area is 168 Å². The molecule has 0 aromatic heterocycles. The number of rotatable bonds is 8. The largest absolute Gasteiger partial charge is 0.496 e. The molecule has 8 nitrogen and oxygen atoms in total. The summed E-state index contributed by atoms with van der Waals surface area (Å²) in [6, 6.07) is 8.40. The first kappa shape index (κ1) is 22.3. The molecule has 0 aliphatic rings. The number of methoxy groups -OCH3 is 2. The Kier molecular flexibility index (Phi) is 7.29. The van der Waals surface area contributed by atoms with Crippen molar-refractivity contribution in [1.82, 2.24) is 10.0 Å². The van der Waals surface area contributed by atoms with E-state index in [1.54, 1.807) is 12.1 Å². The molecule has 1 amide bonds. The minimum Gasteiger partial charge on any atom is -0.496 e. The summed E-state index contributed by atoms with van der Waals surface area (Å²) in [5, 5.41) is 2.56. The number of nitrogens with one attached hydrogen (secondary N) is 2. The van der Waals surface area contributed by atoms with Crippen molar-refractivity contribution in [1.29, 1.82) is 0 Å². The van der Waals surface area contributed by atoms with E-state index in [4.69, 9.17) is 9.47 Å². The second-order valence-corrected chi connectivity index (χ2v) is 7.70. The Morgan fingerprint density at radius 2 is 1.83 bits per heavy atom. The average molecular weight is 424 g/mol. The van der Waals surface area contributed by atoms with Crippen molar-refractivity contribution in [2.45, 2.75) is 24.4 Å². The van der Waals surface area contributed by atoms with Crippen molar-refractivity contribution in [3.05, 3.63) is 59.4 Å². The fourth-order valence-corrected chi connectivity index (χ4v) is 3.77. The molecule has 2 rings (SSSR count). The van der Waals surface area contributed by atoms with Gasteiger partial charge in [-0.2, -0.15) is 4.72 Å². The molecule has 0 saturated carbocycles. The highest BCUT2D eigenvalue weighted by Gasteiger charge is 2.24. The summed E-state index contributed by atoms with van der Waals surface area (Å²) in [7, 11) is -1.57. The zero-order valence-corrected chi connectivity index (χ0v) is 16.9. The smallest absolute Gasteiger partial charge is 0.341 e. The number of sulfonamides is 1. The average Bonchev–Trinajstić information content (AvgIpc) is 2.70. The lowest BCUT2D eigenvalue weighted by Gasteiger charge is -2.15. The standard InChI is InChI=1S/C19H21FN2O6S/c1-12(22-29(25,26)17-7-5-4-6-15(17)20)18(23)21-11-13-8-9-16(27-2)14(10-13)19(24)28-3/h4-10,12,22H,11H2,1-3H3,(H,21,23)/t12-/m0/s1. The third-order valence-corrected chi connectivity index (χ3v) is 5.56. The van der Waals surface area contributed by atoms with Crippen LogP contribution in [0.4, 0.5) is 4.39 Å². The van der Waals surface area contributed by atoms with E-state index in [1.165, 1.54) is 39.3 Å². The number of hydrogen-bond donors (Lipinski definition) is 2. The van der Waals surface area contributed by atoms with Gasteiger partial charge in [-0.1, -0.05) is 18.2 Å². The fourth-order valence-electron chi connectivity index (χ4n) is 2.49. The molecule has 10 heteroatoms. The van der Waals surface area contributed by atoms with Crippen LogP contribution in [-0.2, 0) is 26.1 Å². The number of ether oxygens (including phenoxy) is 2. The van der Waals surface area contributed by atoms with Gasteiger partial charge < -0.3 is 14.8 Å². The summed E-state index contributed by atoms with van der Waals surface area (Å²) >= 11 is 0. The predicted octanol–water partition coefficient (Wildman–Crippen LogP) is 1.60. The van der Waals surface area contributed by atoms with Crippen LogP contribution in [0.3, 0.4) is 0 Å². The molecular formula is C19H21FN2O6S. The van der Waals surface area contributed by atoms with E-state index in [9.17, 15) is 22.4 Å². The van der Waals surface area contributed by atoms with Gasteiger partial charge in [0.2, 0.25) is 15.9 Å². The Balaban J connectivity index is 2.05. The molecule has 0 unspecified atom stereocenters. The molecule has 0 heterocycles. The van der Waals surface area contributed by atoms with Crippen LogP contribution in [0.25, 0.3) is 0 Å². The van der Waals surface area contributed by atoms with Crippen molar-refractivity contribution in [3.8, 4) is 5.75 Å². The molecule has 29 heavy (non-hydrogen) atoms. The summed E-state index contributed by atoms with van der Waals surface area (Å²) in [6.07, 6.45) is 0. The Hall–Kier alpha value is -2.98. The Morgan fingerprint density at radius 3 is 2.45 bits per heavy atom. The lowest BCUT2D eigenvalue weighted by atomic mass is 10.1. The van der Waals surface area contributed by atoms with Crippen LogP contribution in [0, 0.1) is 5.82 Å². The predicted molar refractivity (Wildman–Crippen MR) is 102 cm³/mol. The van der Waals surface area contributed by atoms with E-state index in [0.29, 0.717) is 11.3 Å². The Bertz CT molecular complexity index is 1010. The second kappa shape index (κ2) is 9.48. The van der Waals surface area contributed by atoms with Gasteiger partial charge in [-0.15, -0.1) is 0 Å². The highest BCUT2D eigenvalue weighted by molar-refractivity contribution is 7.89. The normalized spacial score (nSPS) is 12.1.